The predicted molar refractivity (Wildman–Crippen MR) is 112 cm³/mol. The Bertz CT molecular complexity index is 942. The van der Waals surface area contributed by atoms with Crippen LogP contribution in [-0.2, 0) is 4.79 Å². The highest BCUT2D eigenvalue weighted by molar-refractivity contribution is 6.09. The Morgan fingerprint density at radius 3 is 2.52 bits per heavy atom. The molecular weight excluding hydrogens is 368 g/mol. The Labute approximate surface area is 171 Å². The molecule has 1 aromatic carbocycles. The monoisotopic (exact) mass is 398 g/mol. The maximum atomic E-state index is 13.6. The molecule has 156 valence electrons. The number of hydrogen-bond donors (Lipinski definition) is 1. The minimum absolute atomic E-state index is 0.00758. The summed E-state index contributed by atoms with van der Waals surface area (Å²) in [6.07, 6.45) is 5.25. The Balaban J connectivity index is 1.75. The summed E-state index contributed by atoms with van der Waals surface area (Å²) in [7, 11) is 1.64. The van der Waals surface area contributed by atoms with E-state index in [0.29, 0.717) is 25.6 Å². The molecule has 1 aliphatic heterocycles. The summed E-state index contributed by atoms with van der Waals surface area (Å²) in [4.78, 5) is 26.9. The molecule has 2 fully saturated rings. The number of piperidine rings is 1. The zero-order valence-electron chi connectivity index (χ0n) is 17.5. The standard InChI is InChI=1S/C23H30N2O4/c1-14-13-24(11-10-18(14)23(27)28)22(26)21-15(2)25(16-6-4-5-7-16)20-9-8-17(29-3)12-19(20)21/h8-9,12,14,16,18H,4-7,10-11,13H2,1-3H3,(H,27,28). The van der Waals surface area contributed by atoms with Crippen molar-refractivity contribution in [1.29, 1.82) is 0 Å². The van der Waals surface area contributed by atoms with E-state index in [1.807, 2.05) is 30.9 Å². The molecule has 1 amide bonds. The van der Waals surface area contributed by atoms with E-state index in [4.69, 9.17) is 4.74 Å². The van der Waals surface area contributed by atoms with E-state index in [1.165, 1.54) is 12.8 Å². The summed E-state index contributed by atoms with van der Waals surface area (Å²) in [5, 5.41) is 10.3. The lowest BCUT2D eigenvalue weighted by atomic mass is 9.86. The summed E-state index contributed by atoms with van der Waals surface area (Å²) < 4.78 is 7.78. The second-order valence-electron chi connectivity index (χ2n) is 8.61. The van der Waals surface area contributed by atoms with E-state index in [9.17, 15) is 14.7 Å². The number of ether oxygens (including phenoxy) is 1. The van der Waals surface area contributed by atoms with Crippen LogP contribution >= 0.6 is 0 Å². The third kappa shape index (κ3) is 3.38. The van der Waals surface area contributed by atoms with Crippen molar-refractivity contribution >= 4 is 22.8 Å². The molecule has 1 aliphatic carbocycles. The molecule has 1 aromatic heterocycles. The first-order chi connectivity index (χ1) is 13.9. The van der Waals surface area contributed by atoms with Gasteiger partial charge in [0, 0.05) is 35.7 Å². The minimum atomic E-state index is -0.761. The molecule has 0 spiro atoms. The van der Waals surface area contributed by atoms with Gasteiger partial charge >= 0.3 is 5.97 Å². The topological polar surface area (TPSA) is 71.8 Å². The maximum absolute atomic E-state index is 13.6. The van der Waals surface area contributed by atoms with E-state index in [2.05, 4.69) is 10.6 Å². The van der Waals surface area contributed by atoms with Crippen LogP contribution in [0.25, 0.3) is 10.9 Å². The molecular formula is C23H30N2O4. The van der Waals surface area contributed by atoms with E-state index < -0.39 is 5.97 Å². The molecule has 1 saturated carbocycles. The van der Waals surface area contributed by atoms with Crippen LogP contribution in [0.2, 0.25) is 0 Å². The molecule has 6 heteroatoms. The van der Waals surface area contributed by atoms with Crippen LogP contribution in [0.15, 0.2) is 18.2 Å². The van der Waals surface area contributed by atoms with Crippen molar-refractivity contribution in [2.75, 3.05) is 20.2 Å². The quantitative estimate of drug-likeness (QED) is 0.835. The maximum Gasteiger partial charge on any atom is 0.306 e. The number of amides is 1. The Hall–Kier alpha value is -2.50. The van der Waals surface area contributed by atoms with Crippen molar-refractivity contribution in [3.8, 4) is 5.75 Å². The van der Waals surface area contributed by atoms with Gasteiger partial charge in [0.15, 0.2) is 0 Å². The first kappa shape index (κ1) is 19.8. The fourth-order valence-electron chi connectivity index (χ4n) is 5.31. The number of carboxylic acids is 1. The van der Waals surface area contributed by atoms with Crippen molar-refractivity contribution in [2.45, 2.75) is 52.0 Å². The molecule has 1 N–H and O–H groups in total. The molecule has 2 aromatic rings. The highest BCUT2D eigenvalue weighted by atomic mass is 16.5. The van der Waals surface area contributed by atoms with E-state index in [1.54, 1.807) is 7.11 Å². The lowest BCUT2D eigenvalue weighted by Gasteiger charge is -2.35. The molecule has 29 heavy (non-hydrogen) atoms. The number of methoxy groups -OCH3 is 1. The van der Waals surface area contributed by atoms with Crippen LogP contribution in [-0.4, -0.2) is 46.6 Å². The van der Waals surface area contributed by atoms with Gasteiger partial charge in [-0.25, -0.2) is 0 Å². The number of fused-ring (bicyclic) bond motifs is 1. The number of aliphatic carboxylic acids is 1. The lowest BCUT2D eigenvalue weighted by molar-refractivity contribution is -0.145. The van der Waals surface area contributed by atoms with Gasteiger partial charge in [0.1, 0.15) is 5.75 Å². The number of nitrogens with zero attached hydrogens (tertiary/aromatic N) is 2. The Morgan fingerprint density at radius 2 is 1.90 bits per heavy atom. The van der Waals surface area contributed by atoms with Crippen molar-refractivity contribution in [3.05, 3.63) is 29.5 Å². The minimum Gasteiger partial charge on any atom is -0.497 e. The molecule has 2 atom stereocenters. The van der Waals surface area contributed by atoms with Crippen LogP contribution in [0, 0.1) is 18.8 Å². The molecule has 6 nitrogen and oxygen atoms in total. The summed E-state index contributed by atoms with van der Waals surface area (Å²) in [5.74, 6) is -0.437. The number of benzene rings is 1. The number of likely N-dealkylation sites (tertiary alicyclic amines) is 1. The highest BCUT2D eigenvalue weighted by Crippen LogP contribution is 2.39. The Kier molecular flexibility index (Phi) is 5.28. The second-order valence-corrected chi connectivity index (χ2v) is 8.61. The smallest absolute Gasteiger partial charge is 0.306 e. The van der Waals surface area contributed by atoms with Crippen LogP contribution in [0.4, 0.5) is 0 Å². The van der Waals surface area contributed by atoms with Gasteiger partial charge in [-0.3, -0.25) is 9.59 Å². The zero-order valence-corrected chi connectivity index (χ0v) is 17.5. The number of carbonyl (C=O) groups excluding carboxylic acids is 1. The Morgan fingerprint density at radius 1 is 1.17 bits per heavy atom. The third-order valence-corrected chi connectivity index (χ3v) is 6.87. The summed E-state index contributed by atoms with van der Waals surface area (Å²) in [6.45, 7) is 4.94. The van der Waals surface area contributed by atoms with Gasteiger partial charge < -0.3 is 19.3 Å². The van der Waals surface area contributed by atoms with Gasteiger partial charge in [0.2, 0.25) is 0 Å². The van der Waals surface area contributed by atoms with Crippen LogP contribution in [0.5, 0.6) is 5.75 Å². The van der Waals surface area contributed by atoms with Gasteiger partial charge in [-0.15, -0.1) is 0 Å². The number of rotatable bonds is 4. The largest absolute Gasteiger partial charge is 0.497 e. The molecule has 2 aliphatic rings. The number of carboxylic acid groups (broad SMARTS) is 1. The molecule has 2 unspecified atom stereocenters. The fourth-order valence-corrected chi connectivity index (χ4v) is 5.31. The lowest BCUT2D eigenvalue weighted by Crippen LogP contribution is -2.45. The van der Waals surface area contributed by atoms with Crippen LogP contribution in [0.3, 0.4) is 0 Å². The molecule has 4 rings (SSSR count). The number of carbonyl (C=O) groups is 2. The first-order valence-electron chi connectivity index (χ1n) is 10.6. The van der Waals surface area contributed by atoms with Gasteiger partial charge in [-0.05, 0) is 50.3 Å². The first-order valence-corrected chi connectivity index (χ1v) is 10.6. The molecule has 0 radical (unpaired) electrons. The van der Waals surface area contributed by atoms with E-state index in [0.717, 1.165) is 40.8 Å². The summed E-state index contributed by atoms with van der Waals surface area (Å²) in [6, 6.07) is 6.43. The predicted octanol–water partition coefficient (Wildman–Crippen LogP) is 4.26. The third-order valence-electron chi connectivity index (χ3n) is 6.87. The van der Waals surface area contributed by atoms with Crippen LogP contribution in [0.1, 0.15) is 61.1 Å². The average Bonchev–Trinajstić information content (AvgIpc) is 3.31. The van der Waals surface area contributed by atoms with E-state index >= 15 is 0 Å². The normalized spacial score (nSPS) is 22.9. The summed E-state index contributed by atoms with van der Waals surface area (Å²) >= 11 is 0. The van der Waals surface area contributed by atoms with Gasteiger partial charge in [-0.1, -0.05) is 19.8 Å². The second kappa shape index (κ2) is 7.73. The van der Waals surface area contributed by atoms with Gasteiger partial charge in [0.25, 0.3) is 5.91 Å². The zero-order chi connectivity index (χ0) is 20.7. The van der Waals surface area contributed by atoms with Crippen LogP contribution < -0.4 is 4.74 Å². The van der Waals surface area contributed by atoms with Crippen molar-refractivity contribution in [3.63, 3.8) is 0 Å². The summed E-state index contributed by atoms with van der Waals surface area (Å²) in [5.41, 5.74) is 2.84. The van der Waals surface area contributed by atoms with Crippen molar-refractivity contribution in [1.82, 2.24) is 9.47 Å². The number of aromatic nitrogens is 1. The average molecular weight is 399 g/mol. The number of hydrogen-bond acceptors (Lipinski definition) is 3. The van der Waals surface area contributed by atoms with Crippen molar-refractivity contribution < 1.29 is 19.4 Å². The molecule has 1 saturated heterocycles. The van der Waals surface area contributed by atoms with Gasteiger partial charge in [0.05, 0.1) is 18.6 Å². The highest BCUT2D eigenvalue weighted by Gasteiger charge is 2.35. The van der Waals surface area contributed by atoms with Gasteiger partial charge in [-0.2, -0.15) is 0 Å². The van der Waals surface area contributed by atoms with Crippen molar-refractivity contribution in [2.24, 2.45) is 11.8 Å². The SMILES string of the molecule is COc1ccc2c(c1)c(C(=O)N1CCC(C(=O)O)C(C)C1)c(C)n2C1CCCC1. The molecule has 0 bridgehead atoms. The fraction of sp³-hybridized carbons (Fsp3) is 0.565. The van der Waals surface area contributed by atoms with E-state index in [-0.39, 0.29) is 17.7 Å². The molecule has 2 heterocycles.